The Hall–Kier alpha value is -2.41. The van der Waals surface area contributed by atoms with Gasteiger partial charge in [0.2, 0.25) is 0 Å². The summed E-state index contributed by atoms with van der Waals surface area (Å²) < 4.78 is 5.16. The van der Waals surface area contributed by atoms with Crippen molar-refractivity contribution in [2.45, 2.75) is 44.7 Å². The van der Waals surface area contributed by atoms with Gasteiger partial charge in [-0.2, -0.15) is 0 Å². The van der Waals surface area contributed by atoms with Crippen LogP contribution in [0.25, 0.3) is 0 Å². The summed E-state index contributed by atoms with van der Waals surface area (Å²) >= 11 is 1.34. The summed E-state index contributed by atoms with van der Waals surface area (Å²) in [5, 5.41) is 5.48. The van der Waals surface area contributed by atoms with Crippen LogP contribution in [0.1, 0.15) is 48.2 Å². The Balaban J connectivity index is 1.45. The number of amides is 1. The van der Waals surface area contributed by atoms with Crippen molar-refractivity contribution in [2.75, 3.05) is 19.0 Å². The molecule has 1 saturated carbocycles. The maximum absolute atomic E-state index is 12.3. The Morgan fingerprint density at radius 1 is 1.22 bits per heavy atom. The number of hydrogen-bond acceptors (Lipinski definition) is 6. The Kier molecular flexibility index (Phi) is 6.81. The molecule has 0 radical (unpaired) electrons. The van der Waals surface area contributed by atoms with E-state index in [1.165, 1.54) is 17.8 Å². The Labute approximate surface area is 163 Å². The van der Waals surface area contributed by atoms with Crippen LogP contribution < -0.4 is 5.32 Å². The van der Waals surface area contributed by atoms with Crippen LogP contribution in [0.2, 0.25) is 0 Å². The average Bonchev–Trinajstić information content (AvgIpc) is 3.20. The van der Waals surface area contributed by atoms with E-state index in [4.69, 9.17) is 4.74 Å². The minimum atomic E-state index is -0.565. The van der Waals surface area contributed by atoms with E-state index in [1.54, 1.807) is 17.3 Å². The third-order valence-corrected chi connectivity index (χ3v) is 5.64. The van der Waals surface area contributed by atoms with E-state index in [9.17, 15) is 9.59 Å². The summed E-state index contributed by atoms with van der Waals surface area (Å²) in [4.78, 5) is 30.4. The van der Waals surface area contributed by atoms with Crippen molar-refractivity contribution in [1.29, 1.82) is 0 Å². The molecule has 1 fully saturated rings. The van der Waals surface area contributed by atoms with Gasteiger partial charge < -0.3 is 15.0 Å². The van der Waals surface area contributed by atoms with E-state index in [0.29, 0.717) is 11.7 Å². The number of carbonyl (C=O) groups excluding carboxylic acids is 2. The second-order valence-electron chi connectivity index (χ2n) is 6.75. The Morgan fingerprint density at radius 3 is 2.70 bits per heavy atom. The molecule has 0 atom stereocenters. The lowest BCUT2D eigenvalue weighted by Gasteiger charge is -2.31. The van der Waals surface area contributed by atoms with E-state index in [2.05, 4.69) is 10.3 Å². The minimum Gasteiger partial charge on any atom is -0.451 e. The number of nitrogens with zero attached hydrogens (tertiary/aromatic N) is 2. The van der Waals surface area contributed by atoms with Crippen molar-refractivity contribution in [3.63, 3.8) is 0 Å². The third-order valence-electron chi connectivity index (χ3n) is 4.84. The molecule has 6 nitrogen and oxygen atoms in total. The van der Waals surface area contributed by atoms with E-state index in [0.717, 1.165) is 31.2 Å². The van der Waals surface area contributed by atoms with Crippen molar-refractivity contribution >= 4 is 28.3 Å². The van der Waals surface area contributed by atoms with Crippen LogP contribution in [0.3, 0.4) is 0 Å². The number of hydrogen-bond donors (Lipinski definition) is 1. The summed E-state index contributed by atoms with van der Waals surface area (Å²) in [5.74, 6) is -0.725. The summed E-state index contributed by atoms with van der Waals surface area (Å²) in [6, 6.07) is 10.2. The maximum Gasteiger partial charge on any atom is 0.358 e. The quantitative estimate of drug-likeness (QED) is 0.734. The number of rotatable bonds is 7. The number of nitrogens with one attached hydrogen (secondary N) is 1. The first kappa shape index (κ1) is 19.4. The van der Waals surface area contributed by atoms with Crippen LogP contribution in [-0.4, -0.2) is 41.5 Å². The molecular formula is C20H25N3O3S. The second kappa shape index (κ2) is 9.50. The molecule has 1 heterocycles. The fourth-order valence-electron chi connectivity index (χ4n) is 3.20. The number of thiazole rings is 1. The van der Waals surface area contributed by atoms with Crippen molar-refractivity contribution in [1.82, 2.24) is 9.88 Å². The van der Waals surface area contributed by atoms with Gasteiger partial charge in [0.15, 0.2) is 17.4 Å². The molecule has 0 bridgehead atoms. The molecule has 1 aliphatic carbocycles. The Bertz CT molecular complexity index is 757. The molecular weight excluding hydrogens is 362 g/mol. The summed E-state index contributed by atoms with van der Waals surface area (Å²) in [5.41, 5.74) is 1.36. The highest BCUT2D eigenvalue weighted by Crippen LogP contribution is 2.22. The first-order chi connectivity index (χ1) is 13.1. The van der Waals surface area contributed by atoms with Gasteiger partial charge in [-0.25, -0.2) is 9.78 Å². The number of esters is 1. The van der Waals surface area contributed by atoms with E-state index in [-0.39, 0.29) is 24.2 Å². The Morgan fingerprint density at radius 2 is 1.96 bits per heavy atom. The highest BCUT2D eigenvalue weighted by atomic mass is 32.1. The molecule has 1 aliphatic rings. The monoisotopic (exact) mass is 387 g/mol. The van der Waals surface area contributed by atoms with Crippen molar-refractivity contribution in [3.8, 4) is 0 Å². The summed E-state index contributed by atoms with van der Waals surface area (Å²) in [7, 11) is 1.79. The first-order valence-corrected chi connectivity index (χ1v) is 10.2. The lowest BCUT2D eigenvalue weighted by molar-refractivity contribution is -0.135. The van der Waals surface area contributed by atoms with Crippen LogP contribution in [0, 0.1) is 0 Å². The van der Waals surface area contributed by atoms with Crippen molar-refractivity contribution < 1.29 is 14.3 Å². The smallest absolute Gasteiger partial charge is 0.358 e. The molecule has 0 unspecified atom stereocenters. The van der Waals surface area contributed by atoms with Crippen LogP contribution in [0.15, 0.2) is 35.7 Å². The molecule has 7 heteroatoms. The van der Waals surface area contributed by atoms with Crippen molar-refractivity contribution in [3.05, 3.63) is 47.0 Å². The largest absolute Gasteiger partial charge is 0.451 e. The number of ether oxygens (including phenoxy) is 1. The molecule has 3 rings (SSSR count). The highest BCUT2D eigenvalue weighted by molar-refractivity contribution is 7.13. The topological polar surface area (TPSA) is 71.5 Å². The highest BCUT2D eigenvalue weighted by Gasteiger charge is 2.23. The summed E-state index contributed by atoms with van der Waals surface area (Å²) in [6.07, 6.45) is 5.59. The zero-order valence-electron chi connectivity index (χ0n) is 15.5. The van der Waals surface area contributed by atoms with Gasteiger partial charge in [-0.05, 0) is 18.4 Å². The molecule has 1 aromatic heterocycles. The number of benzene rings is 1. The SMILES string of the molecule is CN(C(=O)COC(=O)c1csc(NCc2ccccc2)n1)C1CCCCC1. The van der Waals surface area contributed by atoms with Gasteiger partial charge >= 0.3 is 5.97 Å². The van der Waals surface area contributed by atoms with E-state index in [1.807, 2.05) is 30.3 Å². The van der Waals surface area contributed by atoms with Gasteiger partial charge in [0, 0.05) is 25.0 Å². The third kappa shape index (κ3) is 5.53. The number of likely N-dealkylation sites (N-methyl/N-ethyl adjacent to an activating group) is 1. The van der Waals surface area contributed by atoms with E-state index >= 15 is 0 Å². The molecule has 0 aliphatic heterocycles. The van der Waals surface area contributed by atoms with Crippen LogP contribution in [0.5, 0.6) is 0 Å². The normalized spacial score (nSPS) is 14.6. The molecule has 0 spiro atoms. The van der Waals surface area contributed by atoms with Gasteiger partial charge in [-0.3, -0.25) is 4.79 Å². The molecule has 1 aromatic carbocycles. The predicted molar refractivity (Wildman–Crippen MR) is 106 cm³/mol. The number of carbonyl (C=O) groups is 2. The fourth-order valence-corrected chi connectivity index (χ4v) is 3.88. The van der Waals surface area contributed by atoms with Crippen molar-refractivity contribution in [2.24, 2.45) is 0 Å². The number of anilines is 1. The van der Waals surface area contributed by atoms with Crippen LogP contribution in [0.4, 0.5) is 5.13 Å². The zero-order chi connectivity index (χ0) is 19.1. The van der Waals surface area contributed by atoms with Gasteiger partial charge in [0.25, 0.3) is 5.91 Å². The van der Waals surface area contributed by atoms with Crippen LogP contribution >= 0.6 is 11.3 Å². The molecule has 1 amide bonds. The first-order valence-electron chi connectivity index (χ1n) is 9.29. The second-order valence-corrected chi connectivity index (χ2v) is 7.61. The van der Waals surface area contributed by atoms with Crippen LogP contribution in [-0.2, 0) is 16.1 Å². The van der Waals surface area contributed by atoms with Gasteiger partial charge in [0.1, 0.15) is 0 Å². The maximum atomic E-state index is 12.3. The lowest BCUT2D eigenvalue weighted by Crippen LogP contribution is -2.40. The van der Waals surface area contributed by atoms with Gasteiger partial charge in [-0.15, -0.1) is 11.3 Å². The standard InChI is InChI=1S/C20H25N3O3S/c1-23(16-10-6-3-7-11-16)18(24)13-26-19(25)17-14-27-20(22-17)21-12-15-8-4-2-5-9-15/h2,4-5,8-9,14,16H,3,6-7,10-13H2,1H3,(H,21,22). The predicted octanol–water partition coefficient (Wildman–Crippen LogP) is 3.70. The number of aromatic nitrogens is 1. The molecule has 27 heavy (non-hydrogen) atoms. The molecule has 1 N–H and O–H groups in total. The van der Waals surface area contributed by atoms with Gasteiger partial charge in [0.05, 0.1) is 0 Å². The average molecular weight is 388 g/mol. The summed E-state index contributed by atoms with van der Waals surface area (Å²) in [6.45, 7) is 0.393. The fraction of sp³-hybridized carbons (Fsp3) is 0.450. The molecule has 144 valence electrons. The lowest BCUT2D eigenvalue weighted by atomic mass is 9.94. The zero-order valence-corrected chi connectivity index (χ0v) is 16.3. The van der Waals surface area contributed by atoms with Gasteiger partial charge in [-0.1, -0.05) is 49.6 Å². The molecule has 2 aromatic rings. The van der Waals surface area contributed by atoms with E-state index < -0.39 is 5.97 Å². The minimum absolute atomic E-state index is 0.159. The molecule has 0 saturated heterocycles.